The van der Waals surface area contributed by atoms with Gasteiger partial charge in [-0.1, -0.05) is 35.3 Å². The number of nitrogens with zero attached hydrogens (tertiary/aromatic N) is 3. The van der Waals surface area contributed by atoms with Crippen molar-refractivity contribution in [3.05, 3.63) is 70.0 Å². The van der Waals surface area contributed by atoms with Gasteiger partial charge in [0, 0.05) is 6.54 Å². The van der Waals surface area contributed by atoms with E-state index in [1.165, 1.54) is 23.8 Å². The van der Waals surface area contributed by atoms with Crippen LogP contribution < -0.4 is 9.46 Å². The van der Waals surface area contributed by atoms with Gasteiger partial charge in [-0.2, -0.15) is 0 Å². The molecule has 1 aromatic heterocycles. The average Bonchev–Trinajstić information content (AvgIpc) is 3.23. The van der Waals surface area contributed by atoms with E-state index in [-0.39, 0.29) is 9.92 Å². The van der Waals surface area contributed by atoms with E-state index in [4.69, 9.17) is 27.9 Å². The normalized spacial score (nSPS) is 16.4. The number of imidazole rings is 1. The Labute approximate surface area is 217 Å². The van der Waals surface area contributed by atoms with Crippen LogP contribution in [0.5, 0.6) is 11.8 Å². The van der Waals surface area contributed by atoms with Gasteiger partial charge in [0.1, 0.15) is 5.75 Å². The van der Waals surface area contributed by atoms with E-state index in [9.17, 15) is 8.42 Å². The predicted octanol–water partition coefficient (Wildman–Crippen LogP) is 5.85. The van der Waals surface area contributed by atoms with E-state index in [0.29, 0.717) is 29.2 Å². The molecule has 1 atom stereocenters. The number of piperidine rings is 1. The van der Waals surface area contributed by atoms with Crippen molar-refractivity contribution in [3.63, 3.8) is 0 Å². The van der Waals surface area contributed by atoms with Crippen molar-refractivity contribution in [2.45, 2.75) is 50.1 Å². The first-order valence-corrected chi connectivity index (χ1v) is 13.9. The van der Waals surface area contributed by atoms with Gasteiger partial charge in [-0.3, -0.25) is 4.57 Å². The minimum atomic E-state index is -3.82. The third-order valence-electron chi connectivity index (χ3n) is 6.40. The Morgan fingerprint density at radius 1 is 1.14 bits per heavy atom. The number of sulfonamides is 1. The van der Waals surface area contributed by atoms with Crippen molar-refractivity contribution < 1.29 is 13.2 Å². The minimum absolute atomic E-state index is 0.0449. The topological polar surface area (TPSA) is 76.5 Å². The molecule has 4 rings (SSSR count). The molecule has 1 N–H and O–H groups in total. The highest BCUT2D eigenvalue weighted by molar-refractivity contribution is 7.89. The smallest absolute Gasteiger partial charge is 0.302 e. The van der Waals surface area contributed by atoms with Crippen LogP contribution in [0.25, 0.3) is 0 Å². The summed E-state index contributed by atoms with van der Waals surface area (Å²) in [6.45, 7) is 6.48. The molecule has 35 heavy (non-hydrogen) atoms. The molecule has 7 nitrogen and oxygen atoms in total. The Morgan fingerprint density at radius 3 is 2.57 bits per heavy atom. The molecule has 0 radical (unpaired) electrons. The predicted molar refractivity (Wildman–Crippen MR) is 139 cm³/mol. The second-order valence-corrected chi connectivity index (χ2v) is 11.4. The summed E-state index contributed by atoms with van der Waals surface area (Å²) in [7, 11) is -1.67. The lowest BCUT2D eigenvalue weighted by Gasteiger charge is -2.29. The van der Waals surface area contributed by atoms with Gasteiger partial charge in [0.05, 0.1) is 32.9 Å². The van der Waals surface area contributed by atoms with Gasteiger partial charge in [0.2, 0.25) is 10.0 Å². The molecular formula is C25H30Cl2N4O3S. The van der Waals surface area contributed by atoms with E-state index >= 15 is 0 Å². The van der Waals surface area contributed by atoms with Crippen LogP contribution in [0, 0.1) is 0 Å². The van der Waals surface area contributed by atoms with Crippen LogP contribution in [0.2, 0.25) is 10.0 Å². The number of ether oxygens (including phenoxy) is 1. The van der Waals surface area contributed by atoms with E-state index in [1.54, 1.807) is 13.1 Å². The minimum Gasteiger partial charge on any atom is -0.426 e. The summed E-state index contributed by atoms with van der Waals surface area (Å²) in [5.74, 6) is 1.24. The number of nitrogens with one attached hydrogen (secondary N) is 1. The van der Waals surface area contributed by atoms with E-state index in [0.717, 1.165) is 31.7 Å². The van der Waals surface area contributed by atoms with Crippen molar-refractivity contribution in [1.29, 1.82) is 0 Å². The zero-order valence-corrected chi connectivity index (χ0v) is 22.4. The fourth-order valence-corrected chi connectivity index (χ4v) is 6.01. The van der Waals surface area contributed by atoms with Crippen molar-refractivity contribution in [1.82, 2.24) is 19.2 Å². The Bertz CT molecular complexity index is 1290. The molecule has 1 aliphatic heterocycles. The highest BCUT2D eigenvalue weighted by Gasteiger charge is 2.24. The van der Waals surface area contributed by atoms with Gasteiger partial charge >= 0.3 is 6.01 Å². The lowest BCUT2D eigenvalue weighted by atomic mass is 9.89. The number of rotatable bonds is 8. The van der Waals surface area contributed by atoms with Gasteiger partial charge in [0.15, 0.2) is 0 Å². The quantitative estimate of drug-likeness (QED) is 0.390. The zero-order chi connectivity index (χ0) is 25.2. The molecule has 0 spiro atoms. The standard InChI is InChI=1S/C25H30Cl2N4O3S/c1-4-31-24(17(2)29-35(32,33)21-8-9-22(26)23(27)15-21)16-28-25(31)34-20-7-5-6-19(14-20)18-10-12-30(3)13-11-18/h5-9,14-18,29H,4,10-13H2,1-3H3. The molecule has 0 aliphatic carbocycles. The third-order valence-corrected chi connectivity index (χ3v) is 8.68. The fraction of sp³-hybridized carbons (Fsp3) is 0.400. The van der Waals surface area contributed by atoms with Crippen molar-refractivity contribution in [2.75, 3.05) is 20.1 Å². The maximum absolute atomic E-state index is 12.9. The van der Waals surface area contributed by atoms with Crippen LogP contribution in [0.15, 0.2) is 53.6 Å². The molecule has 1 fully saturated rings. The summed E-state index contributed by atoms with van der Waals surface area (Å²) in [5.41, 5.74) is 1.96. The Morgan fingerprint density at radius 2 is 1.89 bits per heavy atom. The molecule has 10 heteroatoms. The third kappa shape index (κ3) is 6.01. The molecule has 1 aliphatic rings. The second-order valence-electron chi connectivity index (χ2n) is 8.88. The van der Waals surface area contributed by atoms with Gasteiger partial charge in [-0.05, 0) is 88.6 Å². The van der Waals surface area contributed by atoms with Crippen LogP contribution in [-0.4, -0.2) is 43.0 Å². The zero-order valence-electron chi connectivity index (χ0n) is 20.0. The Hall–Kier alpha value is -2.10. The Balaban J connectivity index is 1.51. The molecule has 188 valence electrons. The van der Waals surface area contributed by atoms with Gasteiger partial charge < -0.3 is 9.64 Å². The van der Waals surface area contributed by atoms with Gasteiger partial charge in [0.25, 0.3) is 0 Å². The van der Waals surface area contributed by atoms with E-state index < -0.39 is 16.1 Å². The number of aromatic nitrogens is 2. The van der Waals surface area contributed by atoms with Crippen LogP contribution in [0.3, 0.4) is 0 Å². The number of hydrogen-bond acceptors (Lipinski definition) is 5. The largest absolute Gasteiger partial charge is 0.426 e. The maximum atomic E-state index is 12.9. The fourth-order valence-electron chi connectivity index (χ4n) is 4.40. The average molecular weight is 538 g/mol. The van der Waals surface area contributed by atoms with Crippen LogP contribution in [0.4, 0.5) is 0 Å². The van der Waals surface area contributed by atoms with Crippen molar-refractivity contribution in [2.24, 2.45) is 0 Å². The summed E-state index contributed by atoms with van der Waals surface area (Å²) in [5, 5.41) is 0.475. The second kappa shape index (κ2) is 10.9. The molecule has 0 bridgehead atoms. The molecule has 1 unspecified atom stereocenters. The van der Waals surface area contributed by atoms with Gasteiger partial charge in [-0.25, -0.2) is 18.1 Å². The molecule has 3 aromatic rings. The molecule has 1 saturated heterocycles. The maximum Gasteiger partial charge on any atom is 0.302 e. The highest BCUT2D eigenvalue weighted by Crippen LogP contribution is 2.32. The lowest BCUT2D eigenvalue weighted by molar-refractivity contribution is 0.255. The summed E-state index contributed by atoms with van der Waals surface area (Å²) in [4.78, 5) is 6.84. The molecule has 2 aromatic carbocycles. The van der Waals surface area contributed by atoms with E-state index in [2.05, 4.69) is 33.8 Å². The number of halogens is 2. The first-order valence-electron chi connectivity index (χ1n) is 11.7. The van der Waals surface area contributed by atoms with Gasteiger partial charge in [-0.15, -0.1) is 0 Å². The lowest BCUT2D eigenvalue weighted by Crippen LogP contribution is -2.29. The molecule has 2 heterocycles. The first-order chi connectivity index (χ1) is 16.7. The first kappa shape index (κ1) is 26.0. The summed E-state index contributed by atoms with van der Waals surface area (Å²) in [6.07, 6.45) is 3.90. The SMILES string of the molecule is CCn1c(C(C)NS(=O)(=O)c2ccc(Cl)c(Cl)c2)cnc1Oc1cccc(C2CCN(C)CC2)c1. The van der Waals surface area contributed by atoms with Crippen LogP contribution in [-0.2, 0) is 16.6 Å². The van der Waals surface area contributed by atoms with Crippen molar-refractivity contribution in [3.8, 4) is 11.8 Å². The summed E-state index contributed by atoms with van der Waals surface area (Å²) in [6, 6.07) is 12.3. The summed E-state index contributed by atoms with van der Waals surface area (Å²) < 4.78 is 36.5. The molecule has 0 amide bonds. The number of hydrogen-bond donors (Lipinski definition) is 1. The van der Waals surface area contributed by atoms with Crippen LogP contribution >= 0.6 is 23.2 Å². The number of likely N-dealkylation sites (tertiary alicyclic amines) is 1. The van der Waals surface area contributed by atoms with Crippen LogP contribution in [0.1, 0.15) is 49.9 Å². The van der Waals surface area contributed by atoms with Crippen molar-refractivity contribution >= 4 is 33.2 Å². The Kier molecular flexibility index (Phi) is 8.08. The molecular weight excluding hydrogens is 507 g/mol. The summed E-state index contributed by atoms with van der Waals surface area (Å²) >= 11 is 11.9. The number of benzene rings is 2. The molecule has 0 saturated carbocycles. The monoisotopic (exact) mass is 536 g/mol. The highest BCUT2D eigenvalue weighted by atomic mass is 35.5. The van der Waals surface area contributed by atoms with E-state index in [1.807, 2.05) is 23.6 Å².